The molecule has 164 valence electrons. The molecule has 5 aromatic heterocycles. The van der Waals surface area contributed by atoms with E-state index in [1.165, 1.54) is 4.68 Å². The third-order valence-electron chi connectivity index (χ3n) is 5.85. The summed E-state index contributed by atoms with van der Waals surface area (Å²) in [6, 6.07) is 9.76. The summed E-state index contributed by atoms with van der Waals surface area (Å²) < 4.78 is 9.68. The lowest BCUT2D eigenvalue weighted by atomic mass is 10.1. The quantitative estimate of drug-likeness (QED) is 0.426. The molecule has 9 nitrogen and oxygen atoms in total. The van der Waals surface area contributed by atoms with Crippen molar-refractivity contribution in [2.24, 2.45) is 7.05 Å². The number of nitrogens with one attached hydrogen (secondary N) is 1. The number of fused-ring (bicyclic) bond motifs is 4. The minimum absolute atomic E-state index is 0.142. The second-order valence-corrected chi connectivity index (χ2v) is 8.87. The van der Waals surface area contributed by atoms with Gasteiger partial charge in [0.25, 0.3) is 5.56 Å². The summed E-state index contributed by atoms with van der Waals surface area (Å²) in [7, 11) is 3.49. The normalized spacial score (nSPS) is 11.7. The molecular weight excluding hydrogens is 438 g/mol. The summed E-state index contributed by atoms with van der Waals surface area (Å²) in [5.41, 5.74) is 4.12. The van der Waals surface area contributed by atoms with E-state index in [4.69, 9.17) is 9.72 Å². The zero-order valence-corrected chi connectivity index (χ0v) is 18.8. The third kappa shape index (κ3) is 3.10. The second kappa shape index (κ2) is 7.52. The van der Waals surface area contributed by atoms with Crippen LogP contribution in [0.15, 0.2) is 53.7 Å². The molecule has 0 fully saturated rings. The Morgan fingerprint density at radius 2 is 2.00 bits per heavy atom. The number of thiazole rings is 1. The Hall–Kier alpha value is -4.05. The van der Waals surface area contributed by atoms with Crippen molar-refractivity contribution in [2.45, 2.75) is 13.0 Å². The average Bonchev–Trinajstić information content (AvgIpc) is 3.53. The number of H-pyrrole nitrogens is 1. The molecule has 6 aromatic rings. The van der Waals surface area contributed by atoms with Crippen molar-refractivity contribution in [1.82, 2.24) is 34.5 Å². The molecule has 0 spiro atoms. The van der Waals surface area contributed by atoms with E-state index in [1.54, 1.807) is 37.0 Å². The predicted molar refractivity (Wildman–Crippen MR) is 127 cm³/mol. The summed E-state index contributed by atoms with van der Waals surface area (Å²) >= 11 is 1.57. The molecule has 33 heavy (non-hydrogen) atoms. The largest absolute Gasteiger partial charge is 0.481 e. The highest BCUT2D eigenvalue weighted by atomic mass is 32.1. The van der Waals surface area contributed by atoms with Gasteiger partial charge in [0.15, 0.2) is 5.65 Å². The average molecular weight is 458 g/mol. The Kier molecular flexibility index (Phi) is 4.47. The maximum Gasteiger partial charge on any atom is 0.291 e. The number of methoxy groups -OCH3 is 1. The zero-order valence-electron chi connectivity index (χ0n) is 17.9. The smallest absolute Gasteiger partial charge is 0.291 e. The molecule has 0 amide bonds. The second-order valence-electron chi connectivity index (χ2n) is 7.79. The number of hydrogen-bond acceptors (Lipinski definition) is 7. The van der Waals surface area contributed by atoms with Crippen LogP contribution in [-0.4, -0.2) is 41.6 Å². The number of nitrogens with zero attached hydrogens (tertiary/aromatic N) is 6. The monoisotopic (exact) mass is 457 g/mol. The van der Waals surface area contributed by atoms with Crippen LogP contribution in [0.2, 0.25) is 0 Å². The molecule has 1 N–H and O–H groups in total. The number of rotatable bonds is 5. The molecule has 0 unspecified atom stereocenters. The lowest BCUT2D eigenvalue weighted by molar-refractivity contribution is 0.393. The van der Waals surface area contributed by atoms with Gasteiger partial charge in [0.05, 0.1) is 36.3 Å². The summed E-state index contributed by atoms with van der Waals surface area (Å²) in [5.74, 6) is 0.596. The minimum atomic E-state index is -0.142. The maximum atomic E-state index is 13.4. The Labute approximate surface area is 191 Å². The maximum absolute atomic E-state index is 13.4. The van der Waals surface area contributed by atoms with E-state index < -0.39 is 0 Å². The van der Waals surface area contributed by atoms with Gasteiger partial charge in [-0.15, -0.1) is 11.3 Å². The summed E-state index contributed by atoms with van der Waals surface area (Å²) in [6.07, 6.45) is 5.85. The van der Waals surface area contributed by atoms with Gasteiger partial charge >= 0.3 is 0 Å². The number of aromatic amines is 1. The molecule has 0 atom stereocenters. The number of ether oxygens (including phenoxy) is 1. The van der Waals surface area contributed by atoms with Gasteiger partial charge in [-0.2, -0.15) is 10.2 Å². The van der Waals surface area contributed by atoms with Crippen LogP contribution in [0.1, 0.15) is 16.1 Å². The lowest BCUT2D eigenvalue weighted by Crippen LogP contribution is -2.24. The number of aromatic nitrogens is 7. The van der Waals surface area contributed by atoms with Crippen LogP contribution >= 0.6 is 11.3 Å². The minimum Gasteiger partial charge on any atom is -0.481 e. The summed E-state index contributed by atoms with van der Waals surface area (Å²) in [5, 5.41) is 14.3. The van der Waals surface area contributed by atoms with E-state index in [1.807, 2.05) is 41.9 Å². The van der Waals surface area contributed by atoms with Crippen molar-refractivity contribution in [3.05, 3.63) is 75.4 Å². The van der Waals surface area contributed by atoms with Gasteiger partial charge in [0.1, 0.15) is 10.5 Å². The van der Waals surface area contributed by atoms with Crippen molar-refractivity contribution in [3.8, 4) is 5.88 Å². The summed E-state index contributed by atoms with van der Waals surface area (Å²) in [4.78, 5) is 22.4. The topological polar surface area (TPSA) is 104 Å². The highest BCUT2D eigenvalue weighted by molar-refractivity contribution is 7.19. The highest BCUT2D eigenvalue weighted by Crippen LogP contribution is 2.32. The molecular formula is C23H19N7O2S. The van der Waals surface area contributed by atoms with E-state index in [9.17, 15) is 4.79 Å². The first-order valence-corrected chi connectivity index (χ1v) is 11.2. The molecule has 0 aliphatic rings. The zero-order chi connectivity index (χ0) is 22.5. The van der Waals surface area contributed by atoms with E-state index >= 15 is 0 Å². The fourth-order valence-electron chi connectivity index (χ4n) is 4.25. The first-order chi connectivity index (χ1) is 16.1. The molecule has 1 aromatic carbocycles. The van der Waals surface area contributed by atoms with Crippen molar-refractivity contribution in [2.75, 3.05) is 7.11 Å². The number of hydrogen-bond donors (Lipinski definition) is 1. The van der Waals surface area contributed by atoms with E-state index in [-0.39, 0.29) is 5.56 Å². The Morgan fingerprint density at radius 3 is 2.88 bits per heavy atom. The van der Waals surface area contributed by atoms with Gasteiger partial charge in [0, 0.05) is 36.0 Å². The van der Waals surface area contributed by atoms with Crippen LogP contribution in [0, 0.1) is 0 Å². The van der Waals surface area contributed by atoms with Gasteiger partial charge in [-0.05, 0) is 17.7 Å². The number of benzene rings is 1. The predicted octanol–water partition coefficient (Wildman–Crippen LogP) is 3.26. The van der Waals surface area contributed by atoms with Crippen LogP contribution in [0.3, 0.4) is 0 Å². The fourth-order valence-corrected chi connectivity index (χ4v) is 5.38. The first-order valence-electron chi connectivity index (χ1n) is 10.4. The molecule has 0 saturated carbocycles. The van der Waals surface area contributed by atoms with Crippen molar-refractivity contribution in [1.29, 1.82) is 0 Å². The molecule has 0 aliphatic heterocycles. The van der Waals surface area contributed by atoms with Crippen LogP contribution in [0.25, 0.3) is 32.2 Å². The standard InChI is InChI=1S/C23H19N7O2S/c1-29-19-16(20-21(29)27-18(33-20)9-13-6-4-8-24-22(13)32-2)11-26-30(23(19)31)12-14-5-3-7-17-15(14)10-25-28-17/h3-8,10-11H,9,12H2,1-2H3,(H,25,28). The van der Waals surface area contributed by atoms with E-state index in [0.29, 0.717) is 24.4 Å². The third-order valence-corrected chi connectivity index (χ3v) is 6.93. The molecule has 0 aliphatic carbocycles. The molecule has 0 bridgehead atoms. The van der Waals surface area contributed by atoms with Crippen LogP contribution < -0.4 is 10.3 Å². The van der Waals surface area contributed by atoms with Crippen molar-refractivity contribution < 1.29 is 4.74 Å². The van der Waals surface area contributed by atoms with Gasteiger partial charge in [-0.25, -0.2) is 14.6 Å². The Bertz CT molecular complexity index is 1710. The van der Waals surface area contributed by atoms with Crippen LogP contribution in [0.5, 0.6) is 5.88 Å². The van der Waals surface area contributed by atoms with Gasteiger partial charge < -0.3 is 9.30 Å². The highest BCUT2D eigenvalue weighted by Gasteiger charge is 2.19. The number of aryl methyl sites for hydroxylation is 1. The lowest BCUT2D eigenvalue weighted by Gasteiger charge is -2.07. The van der Waals surface area contributed by atoms with Crippen molar-refractivity contribution in [3.63, 3.8) is 0 Å². The van der Waals surface area contributed by atoms with Gasteiger partial charge in [-0.1, -0.05) is 18.2 Å². The van der Waals surface area contributed by atoms with Gasteiger partial charge in [-0.3, -0.25) is 9.89 Å². The van der Waals surface area contributed by atoms with Gasteiger partial charge in [0.2, 0.25) is 5.88 Å². The number of pyridine rings is 1. The molecule has 6 rings (SSSR count). The Balaban J connectivity index is 1.42. The van der Waals surface area contributed by atoms with Crippen LogP contribution in [0.4, 0.5) is 0 Å². The molecule has 0 radical (unpaired) electrons. The van der Waals surface area contributed by atoms with Crippen molar-refractivity contribution >= 4 is 43.5 Å². The van der Waals surface area contributed by atoms with Crippen LogP contribution in [-0.2, 0) is 20.0 Å². The first kappa shape index (κ1) is 19.6. The van der Waals surface area contributed by atoms with E-state index in [0.717, 1.165) is 42.8 Å². The SMILES string of the molecule is COc1ncccc1Cc1nc2c(s1)c1cnn(Cc3cccc4[nH]ncc34)c(=O)c1n2C. The van der Waals surface area contributed by atoms with E-state index in [2.05, 4.69) is 20.3 Å². The molecule has 5 heterocycles. The Morgan fingerprint density at radius 1 is 1.12 bits per heavy atom. The summed E-state index contributed by atoms with van der Waals surface area (Å²) in [6.45, 7) is 0.365. The fraction of sp³-hybridized carbons (Fsp3) is 0.174. The molecule has 0 saturated heterocycles. The molecule has 10 heteroatoms.